The summed E-state index contributed by atoms with van der Waals surface area (Å²) in [5.41, 5.74) is 0.720. The number of benzene rings is 1. The molecule has 128 valence electrons. The Morgan fingerprint density at radius 1 is 1.21 bits per heavy atom. The summed E-state index contributed by atoms with van der Waals surface area (Å²) in [4.78, 5) is 8.61. The van der Waals surface area contributed by atoms with E-state index < -0.39 is 0 Å². The topological polar surface area (TPSA) is 61.9 Å². The van der Waals surface area contributed by atoms with Crippen LogP contribution in [0.15, 0.2) is 30.5 Å². The number of piperidine rings is 1. The molecule has 3 N–H and O–H groups in total. The molecule has 1 aliphatic heterocycles. The van der Waals surface area contributed by atoms with Gasteiger partial charge in [0.25, 0.3) is 0 Å². The first-order valence-electron chi connectivity index (χ1n) is 8.20. The molecule has 2 heterocycles. The lowest BCUT2D eigenvalue weighted by Gasteiger charge is -2.22. The Morgan fingerprint density at radius 2 is 1.96 bits per heavy atom. The van der Waals surface area contributed by atoms with Crippen LogP contribution in [-0.2, 0) is 0 Å². The Hall–Kier alpha value is -1.92. The van der Waals surface area contributed by atoms with Crippen LogP contribution in [0.4, 0.5) is 21.8 Å². The van der Waals surface area contributed by atoms with Crippen LogP contribution in [0.25, 0.3) is 0 Å². The predicted octanol–water partition coefficient (Wildman–Crippen LogP) is 3.81. The van der Waals surface area contributed by atoms with Gasteiger partial charge in [0, 0.05) is 12.2 Å². The summed E-state index contributed by atoms with van der Waals surface area (Å²) < 4.78 is 13.0. The highest BCUT2D eigenvalue weighted by Gasteiger charge is 2.13. The van der Waals surface area contributed by atoms with Gasteiger partial charge >= 0.3 is 0 Å². The van der Waals surface area contributed by atoms with Gasteiger partial charge in [-0.3, -0.25) is 0 Å². The van der Waals surface area contributed by atoms with Crippen molar-refractivity contribution in [2.45, 2.75) is 19.3 Å². The van der Waals surface area contributed by atoms with Gasteiger partial charge in [-0.15, -0.1) is 0 Å². The van der Waals surface area contributed by atoms with Crippen LogP contribution in [0, 0.1) is 11.7 Å². The second kappa shape index (κ2) is 8.26. The van der Waals surface area contributed by atoms with E-state index in [9.17, 15) is 4.39 Å². The highest BCUT2D eigenvalue weighted by atomic mass is 35.5. The van der Waals surface area contributed by atoms with Crippen LogP contribution in [0.3, 0.4) is 0 Å². The number of hydrogen-bond acceptors (Lipinski definition) is 5. The predicted molar refractivity (Wildman–Crippen MR) is 95.4 cm³/mol. The van der Waals surface area contributed by atoms with Crippen LogP contribution in [0.5, 0.6) is 0 Å². The molecule has 0 atom stereocenters. The highest BCUT2D eigenvalue weighted by Crippen LogP contribution is 2.24. The van der Waals surface area contributed by atoms with Gasteiger partial charge in [-0.2, -0.15) is 4.98 Å². The minimum absolute atomic E-state index is 0.283. The summed E-state index contributed by atoms with van der Waals surface area (Å²) in [6.45, 7) is 3.05. The maximum atomic E-state index is 13.0. The molecular weight excluding hydrogens is 329 g/mol. The first kappa shape index (κ1) is 16.9. The first-order chi connectivity index (χ1) is 11.7. The zero-order valence-electron chi connectivity index (χ0n) is 13.4. The Bertz CT molecular complexity index is 659. The first-order valence-corrected chi connectivity index (χ1v) is 8.58. The molecule has 0 radical (unpaired) electrons. The van der Waals surface area contributed by atoms with Crippen molar-refractivity contribution in [2.24, 2.45) is 5.92 Å². The van der Waals surface area contributed by atoms with Crippen LogP contribution in [0.2, 0.25) is 5.02 Å². The molecule has 1 saturated heterocycles. The normalized spacial score (nSPS) is 15.2. The smallest absolute Gasteiger partial charge is 0.224 e. The molecule has 0 saturated carbocycles. The monoisotopic (exact) mass is 349 g/mol. The van der Waals surface area contributed by atoms with E-state index in [-0.39, 0.29) is 5.82 Å². The maximum absolute atomic E-state index is 13.0. The number of nitrogens with zero attached hydrogens (tertiary/aromatic N) is 2. The van der Waals surface area contributed by atoms with E-state index in [1.807, 2.05) is 0 Å². The molecular formula is C17H21ClFN5. The zero-order valence-corrected chi connectivity index (χ0v) is 14.1. The fraction of sp³-hybridized carbons (Fsp3) is 0.412. The highest BCUT2D eigenvalue weighted by molar-refractivity contribution is 6.32. The Morgan fingerprint density at radius 3 is 2.71 bits per heavy atom. The quantitative estimate of drug-likeness (QED) is 0.740. The largest absolute Gasteiger partial charge is 0.354 e. The van der Waals surface area contributed by atoms with Gasteiger partial charge in [-0.25, -0.2) is 9.37 Å². The molecule has 5 nitrogen and oxygen atoms in total. The fourth-order valence-corrected chi connectivity index (χ4v) is 2.91. The van der Waals surface area contributed by atoms with Crippen LogP contribution in [0.1, 0.15) is 19.3 Å². The van der Waals surface area contributed by atoms with Gasteiger partial charge in [-0.1, -0.05) is 11.6 Å². The lowest BCUT2D eigenvalue weighted by atomic mass is 9.95. The molecule has 1 fully saturated rings. The molecule has 0 aliphatic carbocycles. The van der Waals surface area contributed by atoms with E-state index >= 15 is 0 Å². The third kappa shape index (κ3) is 4.79. The molecule has 1 aromatic carbocycles. The Balaban J connectivity index is 1.57. The minimum Gasteiger partial charge on any atom is -0.354 e. The lowest BCUT2D eigenvalue weighted by molar-refractivity contribution is 0.361. The van der Waals surface area contributed by atoms with Crippen molar-refractivity contribution >= 4 is 29.1 Å². The van der Waals surface area contributed by atoms with Gasteiger partial charge in [0.1, 0.15) is 10.8 Å². The molecule has 1 aromatic heterocycles. The van der Waals surface area contributed by atoms with E-state index in [2.05, 4.69) is 25.9 Å². The van der Waals surface area contributed by atoms with E-state index in [1.165, 1.54) is 25.0 Å². The summed E-state index contributed by atoms with van der Waals surface area (Å²) in [7, 11) is 0. The summed E-state index contributed by atoms with van der Waals surface area (Å²) in [5.74, 6) is 1.51. The number of aromatic nitrogens is 2. The number of rotatable bonds is 6. The van der Waals surface area contributed by atoms with Crippen LogP contribution in [-0.4, -0.2) is 29.6 Å². The molecule has 0 amide bonds. The SMILES string of the molecule is Fc1ccc(Nc2nc(NCCC3CCNCC3)ncc2Cl)cc1. The molecule has 2 aromatic rings. The van der Waals surface area contributed by atoms with E-state index in [1.54, 1.807) is 18.3 Å². The van der Waals surface area contributed by atoms with Crippen molar-refractivity contribution in [3.05, 3.63) is 41.3 Å². The minimum atomic E-state index is -0.283. The summed E-state index contributed by atoms with van der Waals surface area (Å²) in [6, 6.07) is 6.04. The van der Waals surface area contributed by atoms with Crippen molar-refractivity contribution in [2.75, 3.05) is 30.3 Å². The summed E-state index contributed by atoms with van der Waals surface area (Å²) >= 11 is 6.14. The van der Waals surface area contributed by atoms with Gasteiger partial charge in [0.2, 0.25) is 5.95 Å². The van der Waals surface area contributed by atoms with E-state index in [0.717, 1.165) is 37.7 Å². The third-order valence-corrected chi connectivity index (χ3v) is 4.42. The number of halogens is 2. The molecule has 1 aliphatic rings. The van der Waals surface area contributed by atoms with Gasteiger partial charge in [0.05, 0.1) is 6.20 Å². The van der Waals surface area contributed by atoms with E-state index in [4.69, 9.17) is 11.6 Å². The standard InChI is InChI=1S/C17H21ClFN5/c18-15-11-22-17(21-10-7-12-5-8-20-9-6-12)24-16(15)23-14-3-1-13(19)2-4-14/h1-4,11-12,20H,5-10H2,(H2,21,22,23,24). The molecule has 0 unspecified atom stereocenters. The maximum Gasteiger partial charge on any atom is 0.224 e. The van der Waals surface area contributed by atoms with Crippen LogP contribution >= 0.6 is 11.6 Å². The molecule has 7 heteroatoms. The number of nitrogens with one attached hydrogen (secondary N) is 3. The molecule has 3 rings (SSSR count). The zero-order chi connectivity index (χ0) is 16.8. The van der Waals surface area contributed by atoms with Crippen molar-refractivity contribution < 1.29 is 4.39 Å². The van der Waals surface area contributed by atoms with Gasteiger partial charge < -0.3 is 16.0 Å². The number of hydrogen-bond donors (Lipinski definition) is 3. The van der Waals surface area contributed by atoms with Crippen molar-refractivity contribution in [3.8, 4) is 0 Å². The average Bonchev–Trinajstić information content (AvgIpc) is 2.61. The second-order valence-electron chi connectivity index (χ2n) is 5.93. The van der Waals surface area contributed by atoms with Crippen molar-refractivity contribution in [1.29, 1.82) is 0 Å². The molecule has 0 bridgehead atoms. The second-order valence-corrected chi connectivity index (χ2v) is 6.34. The number of anilines is 3. The third-order valence-electron chi connectivity index (χ3n) is 4.15. The molecule has 24 heavy (non-hydrogen) atoms. The lowest BCUT2D eigenvalue weighted by Crippen LogP contribution is -2.28. The Kier molecular flexibility index (Phi) is 5.82. The Labute approximate surface area is 146 Å². The fourth-order valence-electron chi connectivity index (χ4n) is 2.77. The summed E-state index contributed by atoms with van der Waals surface area (Å²) in [6.07, 6.45) is 5.11. The van der Waals surface area contributed by atoms with E-state index in [0.29, 0.717) is 16.8 Å². The summed E-state index contributed by atoms with van der Waals surface area (Å²) in [5, 5.41) is 10.1. The van der Waals surface area contributed by atoms with Gasteiger partial charge in [0.15, 0.2) is 5.82 Å². The van der Waals surface area contributed by atoms with Gasteiger partial charge in [-0.05, 0) is 62.5 Å². The molecule has 0 spiro atoms. The van der Waals surface area contributed by atoms with Crippen molar-refractivity contribution in [1.82, 2.24) is 15.3 Å². The van der Waals surface area contributed by atoms with Crippen LogP contribution < -0.4 is 16.0 Å². The average molecular weight is 350 g/mol. The van der Waals surface area contributed by atoms with Crippen molar-refractivity contribution in [3.63, 3.8) is 0 Å².